The lowest BCUT2D eigenvalue weighted by molar-refractivity contribution is -0.136. The molecule has 0 unspecified atom stereocenters. The lowest BCUT2D eigenvalue weighted by Crippen LogP contribution is -2.51. The van der Waals surface area contributed by atoms with Crippen LogP contribution in [0.25, 0.3) is 0 Å². The number of aryl methyl sites for hydroxylation is 2. The Hall–Kier alpha value is -3.39. The first kappa shape index (κ1) is 23.3. The summed E-state index contributed by atoms with van der Waals surface area (Å²) in [7, 11) is 1.51. The van der Waals surface area contributed by atoms with Crippen molar-refractivity contribution in [3.05, 3.63) is 59.2 Å². The van der Waals surface area contributed by atoms with Gasteiger partial charge in [0, 0.05) is 31.9 Å². The average Bonchev–Trinajstić information content (AvgIpc) is 2.80. The fourth-order valence-corrected chi connectivity index (χ4v) is 3.60. The van der Waals surface area contributed by atoms with Gasteiger partial charge in [-0.2, -0.15) is 0 Å². The molecule has 32 heavy (non-hydrogen) atoms. The lowest BCUT2D eigenvalue weighted by atomic mass is 10.1. The normalized spacial score (nSPS) is 14.0. The largest absolute Gasteiger partial charge is 0.497 e. The summed E-state index contributed by atoms with van der Waals surface area (Å²) in [5, 5.41) is 2.99. The number of nitrogens with one attached hydrogen (secondary N) is 1. The van der Waals surface area contributed by atoms with E-state index in [1.165, 1.54) is 7.11 Å². The van der Waals surface area contributed by atoms with Crippen LogP contribution in [0, 0.1) is 13.8 Å². The first-order valence-corrected chi connectivity index (χ1v) is 10.5. The third-order valence-corrected chi connectivity index (χ3v) is 5.47. The minimum atomic E-state index is -0.570. The second-order valence-electron chi connectivity index (χ2n) is 7.78. The van der Waals surface area contributed by atoms with E-state index in [1.54, 1.807) is 29.2 Å². The first-order valence-electron chi connectivity index (χ1n) is 10.5. The number of hydrogen-bond acceptors (Lipinski definition) is 6. The standard InChI is InChI=1S/C24H29N3O5/c1-17-6-4-7-18(2)23(17)25-21(28)15-26-10-12-27(13-11-26)22(29)16-32-24(30)19-8-5-9-20(14-19)31-3/h4-9,14H,10-13,15-16H2,1-3H3,(H,25,28). The molecule has 0 radical (unpaired) electrons. The third-order valence-electron chi connectivity index (χ3n) is 5.47. The van der Waals surface area contributed by atoms with E-state index < -0.39 is 5.97 Å². The van der Waals surface area contributed by atoms with Crippen LogP contribution in [-0.4, -0.2) is 74.0 Å². The molecule has 170 valence electrons. The zero-order valence-corrected chi connectivity index (χ0v) is 18.7. The Kier molecular flexibility index (Phi) is 7.83. The number of esters is 1. The van der Waals surface area contributed by atoms with Gasteiger partial charge in [0.15, 0.2) is 6.61 Å². The highest BCUT2D eigenvalue weighted by molar-refractivity contribution is 5.94. The minimum Gasteiger partial charge on any atom is -0.497 e. The summed E-state index contributed by atoms with van der Waals surface area (Å²) in [6, 6.07) is 12.5. The van der Waals surface area contributed by atoms with Crippen molar-refractivity contribution in [3.63, 3.8) is 0 Å². The second kappa shape index (κ2) is 10.8. The lowest BCUT2D eigenvalue weighted by Gasteiger charge is -2.34. The number of ether oxygens (including phenoxy) is 2. The Morgan fingerprint density at radius 3 is 2.28 bits per heavy atom. The molecule has 2 aromatic carbocycles. The van der Waals surface area contributed by atoms with E-state index in [9.17, 15) is 14.4 Å². The Morgan fingerprint density at radius 1 is 0.969 bits per heavy atom. The third kappa shape index (κ3) is 6.07. The number of piperazine rings is 1. The molecule has 1 aliphatic heterocycles. The van der Waals surface area contributed by atoms with Crippen LogP contribution in [0.15, 0.2) is 42.5 Å². The molecule has 1 saturated heterocycles. The highest BCUT2D eigenvalue weighted by Crippen LogP contribution is 2.19. The molecule has 1 heterocycles. The molecule has 0 saturated carbocycles. The number of methoxy groups -OCH3 is 1. The van der Waals surface area contributed by atoms with E-state index in [-0.39, 0.29) is 25.0 Å². The van der Waals surface area contributed by atoms with Crippen molar-refractivity contribution < 1.29 is 23.9 Å². The molecule has 0 atom stereocenters. The van der Waals surface area contributed by atoms with Crippen LogP contribution in [-0.2, 0) is 14.3 Å². The predicted octanol–water partition coefficient (Wildman–Crippen LogP) is 2.25. The van der Waals surface area contributed by atoms with Gasteiger partial charge in [0.25, 0.3) is 5.91 Å². The second-order valence-corrected chi connectivity index (χ2v) is 7.78. The van der Waals surface area contributed by atoms with Crippen LogP contribution in [0.3, 0.4) is 0 Å². The van der Waals surface area contributed by atoms with Crippen LogP contribution < -0.4 is 10.1 Å². The van der Waals surface area contributed by atoms with Crippen LogP contribution in [0.5, 0.6) is 5.75 Å². The predicted molar refractivity (Wildman–Crippen MR) is 121 cm³/mol. The maximum absolute atomic E-state index is 12.5. The molecule has 3 rings (SSSR count). The van der Waals surface area contributed by atoms with Crippen molar-refractivity contribution in [2.45, 2.75) is 13.8 Å². The number of anilines is 1. The van der Waals surface area contributed by atoms with Gasteiger partial charge in [-0.25, -0.2) is 4.79 Å². The molecule has 1 N–H and O–H groups in total. The maximum atomic E-state index is 12.5. The number of amides is 2. The molecule has 0 aromatic heterocycles. The van der Waals surface area contributed by atoms with Crippen molar-refractivity contribution >= 4 is 23.5 Å². The molecule has 2 amide bonds. The molecule has 0 bridgehead atoms. The van der Waals surface area contributed by atoms with Gasteiger partial charge in [0.05, 0.1) is 19.2 Å². The molecule has 1 fully saturated rings. The van der Waals surface area contributed by atoms with Crippen molar-refractivity contribution in [1.82, 2.24) is 9.80 Å². The van der Waals surface area contributed by atoms with Crippen molar-refractivity contribution in [3.8, 4) is 5.75 Å². The van der Waals surface area contributed by atoms with E-state index in [0.717, 1.165) is 16.8 Å². The monoisotopic (exact) mass is 439 g/mol. The van der Waals surface area contributed by atoms with Gasteiger partial charge < -0.3 is 19.7 Å². The van der Waals surface area contributed by atoms with Gasteiger partial charge in [0.1, 0.15) is 5.75 Å². The number of carbonyl (C=O) groups is 3. The van der Waals surface area contributed by atoms with Crippen LogP contribution in [0.2, 0.25) is 0 Å². The Balaban J connectivity index is 1.42. The quantitative estimate of drug-likeness (QED) is 0.666. The highest BCUT2D eigenvalue weighted by atomic mass is 16.5. The number of hydrogen-bond donors (Lipinski definition) is 1. The molecular formula is C24H29N3O5. The van der Waals surface area contributed by atoms with E-state index in [0.29, 0.717) is 37.5 Å². The number of rotatable bonds is 7. The summed E-state index contributed by atoms with van der Waals surface area (Å²) in [6.45, 7) is 6.00. The minimum absolute atomic E-state index is 0.0746. The van der Waals surface area contributed by atoms with E-state index in [4.69, 9.17) is 9.47 Å². The SMILES string of the molecule is COc1cccc(C(=O)OCC(=O)N2CCN(CC(=O)Nc3c(C)cccc3C)CC2)c1. The molecule has 0 aliphatic carbocycles. The number of nitrogens with zero attached hydrogens (tertiary/aromatic N) is 2. The topological polar surface area (TPSA) is 88.2 Å². The van der Waals surface area contributed by atoms with Gasteiger partial charge in [-0.05, 0) is 43.2 Å². The Bertz CT molecular complexity index is 963. The summed E-state index contributed by atoms with van der Waals surface area (Å²) in [5.74, 6) is -0.349. The van der Waals surface area contributed by atoms with Gasteiger partial charge in [-0.1, -0.05) is 24.3 Å². The van der Waals surface area contributed by atoms with E-state index in [2.05, 4.69) is 5.32 Å². The van der Waals surface area contributed by atoms with Crippen LogP contribution in [0.4, 0.5) is 5.69 Å². The summed E-state index contributed by atoms with van der Waals surface area (Å²) in [6.07, 6.45) is 0. The zero-order chi connectivity index (χ0) is 23.1. The van der Waals surface area contributed by atoms with Crippen molar-refractivity contribution in [1.29, 1.82) is 0 Å². The summed E-state index contributed by atoms with van der Waals surface area (Å²) in [4.78, 5) is 40.7. The fraction of sp³-hybridized carbons (Fsp3) is 0.375. The van der Waals surface area contributed by atoms with E-state index in [1.807, 2.05) is 36.9 Å². The first-order chi connectivity index (χ1) is 15.4. The summed E-state index contributed by atoms with van der Waals surface area (Å²) >= 11 is 0. The Labute approximate surface area is 188 Å². The smallest absolute Gasteiger partial charge is 0.338 e. The number of para-hydroxylation sites is 1. The number of benzene rings is 2. The van der Waals surface area contributed by atoms with Gasteiger partial charge in [-0.3, -0.25) is 14.5 Å². The molecule has 8 nitrogen and oxygen atoms in total. The summed E-state index contributed by atoms with van der Waals surface area (Å²) in [5.41, 5.74) is 3.23. The van der Waals surface area contributed by atoms with Gasteiger partial charge in [0.2, 0.25) is 5.91 Å². The molecule has 2 aromatic rings. The molecular weight excluding hydrogens is 410 g/mol. The van der Waals surface area contributed by atoms with Crippen LogP contribution in [0.1, 0.15) is 21.5 Å². The maximum Gasteiger partial charge on any atom is 0.338 e. The summed E-state index contributed by atoms with van der Waals surface area (Å²) < 4.78 is 10.3. The fourth-order valence-electron chi connectivity index (χ4n) is 3.60. The molecule has 1 aliphatic rings. The molecule has 8 heteroatoms. The zero-order valence-electron chi connectivity index (χ0n) is 18.7. The van der Waals surface area contributed by atoms with Gasteiger partial charge >= 0.3 is 5.97 Å². The number of carbonyl (C=O) groups excluding carboxylic acids is 3. The van der Waals surface area contributed by atoms with E-state index >= 15 is 0 Å². The Morgan fingerprint density at radius 2 is 1.62 bits per heavy atom. The highest BCUT2D eigenvalue weighted by Gasteiger charge is 2.23. The average molecular weight is 440 g/mol. The van der Waals surface area contributed by atoms with Crippen LogP contribution >= 0.6 is 0 Å². The van der Waals surface area contributed by atoms with Gasteiger partial charge in [-0.15, -0.1) is 0 Å². The van der Waals surface area contributed by atoms with Crippen molar-refractivity contribution in [2.24, 2.45) is 0 Å². The van der Waals surface area contributed by atoms with Crippen molar-refractivity contribution in [2.75, 3.05) is 51.8 Å². The molecule has 0 spiro atoms.